The minimum absolute atomic E-state index is 0.0847. The van der Waals surface area contributed by atoms with Gasteiger partial charge in [-0.15, -0.1) is 0 Å². The normalized spacial score (nSPS) is 16.5. The molecule has 2 aliphatic heterocycles. The number of piperidine rings is 1. The Morgan fingerprint density at radius 2 is 1.87 bits per heavy atom. The van der Waals surface area contributed by atoms with Crippen molar-refractivity contribution in [1.29, 1.82) is 0 Å². The van der Waals surface area contributed by atoms with Crippen LogP contribution < -0.4 is 20.3 Å². The van der Waals surface area contributed by atoms with E-state index >= 15 is 0 Å². The fourth-order valence-electron chi connectivity index (χ4n) is 5.69. The van der Waals surface area contributed by atoms with E-state index in [2.05, 4.69) is 20.5 Å². The lowest BCUT2D eigenvalue weighted by atomic mass is 10.0. The van der Waals surface area contributed by atoms with Crippen molar-refractivity contribution in [2.24, 2.45) is 0 Å². The van der Waals surface area contributed by atoms with E-state index in [4.69, 9.17) is 9.84 Å². The van der Waals surface area contributed by atoms with Crippen LogP contribution in [0.4, 0.5) is 33.7 Å². The maximum atomic E-state index is 14.9. The molecule has 0 unspecified atom stereocenters. The number of alkyl halides is 3. The standard InChI is InChI=1S/C31H29F4N7O4/c1-46-26-15-23-19(14-24(26)37-29(44)22-3-2-4-27(36-22)31(33,34)35)17-42(39-23)20-7-10-40(11-8-20)16-18-5-6-25(21(32)13-18)41-12-9-28(43)38-30(41)45/h2-6,13-15,17,20H,7-12,16H2,1H3,(H,37,44)(H,38,43,45). The van der Waals surface area contributed by atoms with Crippen LogP contribution in [-0.2, 0) is 17.5 Å². The summed E-state index contributed by atoms with van der Waals surface area (Å²) in [6, 6.07) is 10.6. The minimum Gasteiger partial charge on any atom is -0.494 e. The van der Waals surface area contributed by atoms with Crippen molar-refractivity contribution in [1.82, 2.24) is 25.0 Å². The number of urea groups is 1. The summed E-state index contributed by atoms with van der Waals surface area (Å²) in [7, 11) is 1.41. The summed E-state index contributed by atoms with van der Waals surface area (Å²) in [4.78, 5) is 43.2. The quantitative estimate of drug-likeness (QED) is 0.269. The highest BCUT2D eigenvalue weighted by atomic mass is 19.4. The van der Waals surface area contributed by atoms with Gasteiger partial charge in [0.15, 0.2) is 0 Å². The molecule has 46 heavy (non-hydrogen) atoms. The number of ether oxygens (including phenoxy) is 1. The Labute approximate surface area is 260 Å². The Kier molecular flexibility index (Phi) is 8.34. The van der Waals surface area contributed by atoms with Crippen LogP contribution in [0.3, 0.4) is 0 Å². The molecule has 0 saturated carbocycles. The number of hydrogen-bond acceptors (Lipinski definition) is 7. The number of aromatic nitrogens is 3. The Hall–Kier alpha value is -5.05. The van der Waals surface area contributed by atoms with Gasteiger partial charge >= 0.3 is 12.2 Å². The second kappa shape index (κ2) is 12.4. The first-order valence-corrected chi connectivity index (χ1v) is 14.5. The number of amides is 4. The smallest absolute Gasteiger partial charge is 0.433 e. The molecule has 2 aromatic heterocycles. The second-order valence-electron chi connectivity index (χ2n) is 11.1. The van der Waals surface area contributed by atoms with E-state index in [0.29, 0.717) is 23.2 Å². The van der Waals surface area contributed by atoms with Gasteiger partial charge in [0.05, 0.1) is 30.0 Å². The molecule has 0 spiro atoms. The topological polar surface area (TPSA) is 122 Å². The number of rotatable bonds is 7. The molecule has 4 heterocycles. The first kappa shape index (κ1) is 31.0. The van der Waals surface area contributed by atoms with E-state index in [1.807, 2.05) is 10.9 Å². The zero-order chi connectivity index (χ0) is 32.6. The van der Waals surface area contributed by atoms with Crippen LogP contribution in [-0.4, -0.2) is 64.3 Å². The molecule has 2 saturated heterocycles. The number of hydrogen-bond donors (Lipinski definition) is 2. The van der Waals surface area contributed by atoms with Gasteiger partial charge in [0.2, 0.25) is 5.91 Å². The molecule has 15 heteroatoms. The highest BCUT2D eigenvalue weighted by Crippen LogP contribution is 2.33. The molecule has 0 bridgehead atoms. The second-order valence-corrected chi connectivity index (χ2v) is 11.1. The maximum absolute atomic E-state index is 14.9. The Balaban J connectivity index is 1.10. The third kappa shape index (κ3) is 6.49. The summed E-state index contributed by atoms with van der Waals surface area (Å²) in [6.07, 6.45) is -1.17. The summed E-state index contributed by atoms with van der Waals surface area (Å²) in [5, 5.41) is 10.2. The number of fused-ring (bicyclic) bond motifs is 1. The number of halogens is 4. The number of nitrogens with one attached hydrogen (secondary N) is 2. The third-order valence-corrected chi connectivity index (χ3v) is 8.06. The van der Waals surface area contributed by atoms with Gasteiger partial charge in [-0.25, -0.2) is 14.2 Å². The number of nitrogens with zero attached hydrogens (tertiary/aromatic N) is 5. The predicted octanol–water partition coefficient (Wildman–Crippen LogP) is 5.13. The van der Waals surface area contributed by atoms with Gasteiger partial charge in [-0.1, -0.05) is 12.1 Å². The monoisotopic (exact) mass is 639 g/mol. The van der Waals surface area contributed by atoms with Crippen molar-refractivity contribution >= 4 is 40.1 Å². The van der Waals surface area contributed by atoms with Crippen LogP contribution in [0.15, 0.2) is 54.7 Å². The maximum Gasteiger partial charge on any atom is 0.433 e. The van der Waals surface area contributed by atoms with E-state index in [0.717, 1.165) is 43.6 Å². The molecule has 2 N–H and O–H groups in total. The number of methoxy groups -OCH3 is 1. The highest BCUT2D eigenvalue weighted by Gasteiger charge is 2.33. The molecule has 4 aromatic rings. The lowest BCUT2D eigenvalue weighted by Gasteiger charge is -2.32. The van der Waals surface area contributed by atoms with Crippen molar-refractivity contribution in [2.75, 3.05) is 37.0 Å². The summed E-state index contributed by atoms with van der Waals surface area (Å²) >= 11 is 0. The molecular weight excluding hydrogens is 610 g/mol. The van der Waals surface area contributed by atoms with Gasteiger partial charge in [-0.2, -0.15) is 18.3 Å². The third-order valence-electron chi connectivity index (χ3n) is 8.06. The zero-order valence-electron chi connectivity index (χ0n) is 24.6. The van der Waals surface area contributed by atoms with Gasteiger partial charge in [0.1, 0.15) is 23.0 Å². The number of benzene rings is 2. The van der Waals surface area contributed by atoms with Crippen LogP contribution in [0.1, 0.15) is 47.1 Å². The van der Waals surface area contributed by atoms with E-state index < -0.39 is 29.6 Å². The van der Waals surface area contributed by atoms with Crippen molar-refractivity contribution in [3.05, 3.63) is 77.5 Å². The number of likely N-dealkylation sites (tertiary alicyclic amines) is 1. The molecule has 2 aliphatic rings. The molecule has 4 amide bonds. The molecule has 2 fully saturated rings. The summed E-state index contributed by atoms with van der Waals surface area (Å²) in [6.45, 7) is 2.11. The number of carbonyl (C=O) groups is 3. The molecule has 11 nitrogen and oxygen atoms in total. The number of imide groups is 1. The SMILES string of the molecule is COc1cc2nn(C3CCN(Cc4ccc(N5CCC(=O)NC5=O)c(F)c4)CC3)cc2cc1NC(=O)c1cccc(C(F)(F)F)n1. The summed E-state index contributed by atoms with van der Waals surface area (Å²) < 4.78 is 61.4. The van der Waals surface area contributed by atoms with Crippen LogP contribution >= 0.6 is 0 Å². The first-order valence-electron chi connectivity index (χ1n) is 14.5. The molecule has 240 valence electrons. The fourth-order valence-corrected chi connectivity index (χ4v) is 5.69. The Morgan fingerprint density at radius 3 is 2.57 bits per heavy atom. The molecule has 6 rings (SSSR count). The molecular formula is C31H29F4N7O4. The van der Waals surface area contributed by atoms with Crippen LogP contribution in [0.25, 0.3) is 10.9 Å². The van der Waals surface area contributed by atoms with Gasteiger partial charge in [0, 0.05) is 50.2 Å². The summed E-state index contributed by atoms with van der Waals surface area (Å²) in [5.41, 5.74) is 0.232. The molecule has 2 aromatic carbocycles. The lowest BCUT2D eigenvalue weighted by Crippen LogP contribution is -2.49. The molecule has 0 aliphatic carbocycles. The first-order chi connectivity index (χ1) is 22.0. The van der Waals surface area contributed by atoms with E-state index in [9.17, 15) is 31.9 Å². The predicted molar refractivity (Wildman–Crippen MR) is 159 cm³/mol. The van der Waals surface area contributed by atoms with Gasteiger partial charge in [0.25, 0.3) is 5.91 Å². The largest absolute Gasteiger partial charge is 0.494 e. The molecule has 0 radical (unpaired) electrons. The van der Waals surface area contributed by atoms with Crippen LogP contribution in [0.2, 0.25) is 0 Å². The van der Waals surface area contributed by atoms with Crippen LogP contribution in [0.5, 0.6) is 5.75 Å². The van der Waals surface area contributed by atoms with Gasteiger partial charge in [-0.3, -0.25) is 29.4 Å². The fraction of sp³-hybridized carbons (Fsp3) is 0.323. The number of pyridine rings is 1. The van der Waals surface area contributed by atoms with Crippen molar-refractivity contribution in [2.45, 2.75) is 38.0 Å². The lowest BCUT2D eigenvalue weighted by molar-refractivity contribution is -0.141. The summed E-state index contributed by atoms with van der Waals surface area (Å²) in [5.74, 6) is -1.43. The van der Waals surface area contributed by atoms with E-state index in [1.54, 1.807) is 24.3 Å². The number of anilines is 2. The average molecular weight is 640 g/mol. The Morgan fingerprint density at radius 1 is 1.09 bits per heavy atom. The van der Waals surface area contributed by atoms with E-state index in [-0.39, 0.29) is 42.0 Å². The van der Waals surface area contributed by atoms with E-state index in [1.165, 1.54) is 24.1 Å². The van der Waals surface area contributed by atoms with Crippen molar-refractivity contribution in [3.63, 3.8) is 0 Å². The average Bonchev–Trinajstić information content (AvgIpc) is 3.44. The molecule has 0 atom stereocenters. The number of carbonyl (C=O) groups excluding carboxylic acids is 3. The minimum atomic E-state index is -4.68. The Bertz CT molecular complexity index is 1820. The van der Waals surface area contributed by atoms with Crippen molar-refractivity contribution < 1.29 is 36.7 Å². The van der Waals surface area contributed by atoms with Gasteiger partial charge < -0.3 is 10.1 Å². The van der Waals surface area contributed by atoms with Crippen LogP contribution in [0, 0.1) is 5.82 Å². The van der Waals surface area contributed by atoms with Crippen molar-refractivity contribution in [3.8, 4) is 5.75 Å². The highest BCUT2D eigenvalue weighted by molar-refractivity contribution is 6.06. The zero-order valence-corrected chi connectivity index (χ0v) is 24.6. The van der Waals surface area contributed by atoms with Gasteiger partial charge in [-0.05, 0) is 48.7 Å².